The van der Waals surface area contributed by atoms with E-state index in [1.807, 2.05) is 41.8 Å². The Hall–Kier alpha value is -3.85. The van der Waals surface area contributed by atoms with Crippen LogP contribution in [-0.2, 0) is 9.63 Å². The fraction of sp³-hybridized carbons (Fsp3) is 0.208. The highest BCUT2D eigenvalue weighted by molar-refractivity contribution is 7.17. The number of ketones is 1. The van der Waals surface area contributed by atoms with Gasteiger partial charge in [0.05, 0.1) is 20.8 Å². The van der Waals surface area contributed by atoms with Crippen LogP contribution in [0.5, 0.6) is 0 Å². The van der Waals surface area contributed by atoms with E-state index in [4.69, 9.17) is 4.84 Å². The lowest BCUT2D eigenvalue weighted by atomic mass is 10.1. The molecule has 4 rings (SSSR count). The summed E-state index contributed by atoms with van der Waals surface area (Å²) in [6.45, 7) is 3.24. The van der Waals surface area contributed by atoms with Crippen molar-refractivity contribution in [2.45, 2.75) is 33.1 Å². The molecule has 0 saturated carbocycles. The van der Waals surface area contributed by atoms with Crippen molar-refractivity contribution in [1.82, 2.24) is 4.57 Å². The molecule has 0 amide bonds. The van der Waals surface area contributed by atoms with Gasteiger partial charge in [0, 0.05) is 29.8 Å². The highest BCUT2D eigenvalue weighted by Gasteiger charge is 2.20. The standard InChI is InChI=1S/C24H21N3O5S/c1-3-4-8-19(25-32-15(2)28)24(29)22-12-13-23(33-22)26-20-9-6-5-7-17(20)18-14-16(27(30)31)10-11-21(18)26/h5-7,9-14H,3-4,8H2,1-2H3. The van der Waals surface area contributed by atoms with Crippen molar-refractivity contribution in [3.8, 4) is 5.00 Å². The summed E-state index contributed by atoms with van der Waals surface area (Å²) in [6, 6.07) is 16.0. The Morgan fingerprint density at radius 1 is 1.09 bits per heavy atom. The molecule has 0 N–H and O–H groups in total. The summed E-state index contributed by atoms with van der Waals surface area (Å²) in [4.78, 5) is 40.4. The Balaban J connectivity index is 1.80. The summed E-state index contributed by atoms with van der Waals surface area (Å²) >= 11 is 1.29. The van der Waals surface area contributed by atoms with Crippen LogP contribution in [0.15, 0.2) is 59.8 Å². The molecule has 0 fully saturated rings. The number of nitrogens with zero attached hydrogens (tertiary/aromatic N) is 3. The van der Waals surface area contributed by atoms with Crippen LogP contribution in [0.3, 0.4) is 0 Å². The quantitative estimate of drug-likeness (QED) is 0.104. The molecule has 0 aliphatic rings. The number of hydrogen-bond acceptors (Lipinski definition) is 7. The van der Waals surface area contributed by atoms with Crippen LogP contribution >= 0.6 is 11.3 Å². The molecule has 2 aromatic carbocycles. The largest absolute Gasteiger partial charge is 0.331 e. The number of para-hydroxylation sites is 1. The molecule has 8 nitrogen and oxygen atoms in total. The van der Waals surface area contributed by atoms with Gasteiger partial charge in [-0.1, -0.05) is 36.7 Å². The number of carbonyl (C=O) groups is 2. The van der Waals surface area contributed by atoms with Gasteiger partial charge in [0.25, 0.3) is 5.69 Å². The van der Waals surface area contributed by atoms with Crippen LogP contribution < -0.4 is 0 Å². The van der Waals surface area contributed by atoms with Crippen molar-refractivity contribution in [2.24, 2.45) is 5.16 Å². The summed E-state index contributed by atoms with van der Waals surface area (Å²) in [5, 5.41) is 17.5. The second kappa shape index (κ2) is 9.33. The molecular formula is C24H21N3O5S. The third-order valence-electron chi connectivity index (χ3n) is 5.22. The maximum absolute atomic E-state index is 13.1. The molecule has 0 bridgehead atoms. The molecule has 168 valence electrons. The predicted molar refractivity (Wildman–Crippen MR) is 128 cm³/mol. The molecular weight excluding hydrogens is 442 g/mol. The second-order valence-electron chi connectivity index (χ2n) is 7.50. The van der Waals surface area contributed by atoms with Crippen molar-refractivity contribution in [3.63, 3.8) is 0 Å². The van der Waals surface area contributed by atoms with Gasteiger partial charge < -0.3 is 9.40 Å². The molecule has 0 unspecified atom stereocenters. The first kappa shape index (κ1) is 22.3. The Morgan fingerprint density at radius 3 is 2.58 bits per heavy atom. The number of nitro benzene ring substituents is 1. The molecule has 0 aliphatic heterocycles. The maximum Gasteiger partial charge on any atom is 0.331 e. The summed E-state index contributed by atoms with van der Waals surface area (Å²) in [6.07, 6.45) is 2.03. The number of nitro groups is 1. The Kier molecular flexibility index (Phi) is 6.32. The van der Waals surface area contributed by atoms with Crippen molar-refractivity contribution < 1.29 is 19.3 Å². The number of unbranched alkanes of at least 4 members (excludes halogenated alkanes) is 1. The van der Waals surface area contributed by atoms with E-state index >= 15 is 0 Å². The molecule has 0 saturated heterocycles. The fourth-order valence-electron chi connectivity index (χ4n) is 3.69. The van der Waals surface area contributed by atoms with Crippen LogP contribution in [0.1, 0.15) is 42.8 Å². The number of carbonyl (C=O) groups excluding carboxylic acids is 2. The molecule has 33 heavy (non-hydrogen) atoms. The van der Waals surface area contributed by atoms with Gasteiger partial charge in [-0.2, -0.15) is 0 Å². The number of thiophene rings is 1. The number of Topliss-reactive ketones (excluding diaryl/α,β-unsaturated/α-hetero) is 1. The maximum atomic E-state index is 13.1. The molecule has 4 aromatic rings. The molecule has 0 aliphatic carbocycles. The second-order valence-corrected chi connectivity index (χ2v) is 8.56. The van der Waals surface area contributed by atoms with Crippen LogP contribution in [0, 0.1) is 10.1 Å². The fourth-order valence-corrected chi connectivity index (χ4v) is 4.68. The Labute approximate surface area is 193 Å². The van der Waals surface area contributed by atoms with Gasteiger partial charge in [-0.3, -0.25) is 14.9 Å². The Bertz CT molecular complexity index is 1420. The van der Waals surface area contributed by atoms with Gasteiger partial charge in [-0.05, 0) is 37.1 Å². The van der Waals surface area contributed by atoms with Crippen LogP contribution in [0.2, 0.25) is 0 Å². The summed E-state index contributed by atoms with van der Waals surface area (Å²) in [5.74, 6) is -0.861. The third-order valence-corrected chi connectivity index (χ3v) is 6.29. The van der Waals surface area contributed by atoms with Gasteiger partial charge in [0.1, 0.15) is 10.7 Å². The average Bonchev–Trinajstić information content (AvgIpc) is 3.41. The number of benzene rings is 2. The van der Waals surface area contributed by atoms with E-state index in [2.05, 4.69) is 5.16 Å². The summed E-state index contributed by atoms with van der Waals surface area (Å²) in [7, 11) is 0. The number of aromatic nitrogens is 1. The van der Waals surface area contributed by atoms with Crippen LogP contribution in [0.25, 0.3) is 26.8 Å². The predicted octanol–water partition coefficient (Wildman–Crippen LogP) is 6.05. The molecule has 0 spiro atoms. The first-order chi connectivity index (χ1) is 15.9. The Morgan fingerprint density at radius 2 is 1.85 bits per heavy atom. The normalized spacial score (nSPS) is 11.8. The van der Waals surface area contributed by atoms with E-state index in [9.17, 15) is 19.7 Å². The topological polar surface area (TPSA) is 104 Å². The lowest BCUT2D eigenvalue weighted by Crippen LogP contribution is -2.14. The highest BCUT2D eigenvalue weighted by Crippen LogP contribution is 2.36. The van der Waals surface area contributed by atoms with Gasteiger partial charge >= 0.3 is 5.97 Å². The number of hydrogen-bond donors (Lipinski definition) is 0. The summed E-state index contributed by atoms with van der Waals surface area (Å²) in [5.41, 5.74) is 1.92. The van der Waals surface area contributed by atoms with Gasteiger partial charge in [0.2, 0.25) is 5.78 Å². The van der Waals surface area contributed by atoms with Crippen LogP contribution in [0.4, 0.5) is 5.69 Å². The molecule has 2 heterocycles. The van der Waals surface area contributed by atoms with E-state index in [-0.39, 0.29) is 17.2 Å². The van der Waals surface area contributed by atoms with Crippen molar-refractivity contribution >= 4 is 56.3 Å². The molecule has 0 radical (unpaired) electrons. The lowest BCUT2D eigenvalue weighted by Gasteiger charge is -2.05. The van der Waals surface area contributed by atoms with Crippen molar-refractivity contribution in [3.05, 3.63) is 69.6 Å². The van der Waals surface area contributed by atoms with Gasteiger partial charge in [0.15, 0.2) is 0 Å². The van der Waals surface area contributed by atoms with E-state index in [0.29, 0.717) is 11.3 Å². The van der Waals surface area contributed by atoms with E-state index in [1.54, 1.807) is 18.2 Å². The minimum atomic E-state index is -0.581. The first-order valence-corrected chi connectivity index (χ1v) is 11.3. The van der Waals surface area contributed by atoms with Crippen LogP contribution in [-0.4, -0.2) is 27.0 Å². The summed E-state index contributed by atoms with van der Waals surface area (Å²) < 4.78 is 1.99. The average molecular weight is 464 g/mol. The minimum Gasteiger partial charge on any atom is -0.318 e. The monoisotopic (exact) mass is 463 g/mol. The third kappa shape index (κ3) is 4.40. The van der Waals surface area contributed by atoms with Crippen molar-refractivity contribution in [2.75, 3.05) is 0 Å². The zero-order chi connectivity index (χ0) is 23.5. The SMILES string of the molecule is CCCCC(=NOC(C)=O)C(=O)c1ccc(-n2c3ccccc3c3cc([N+](=O)[O-])ccc32)s1. The van der Waals surface area contributed by atoms with E-state index < -0.39 is 10.9 Å². The molecule has 9 heteroatoms. The van der Waals surface area contributed by atoms with E-state index in [0.717, 1.165) is 39.6 Å². The smallest absolute Gasteiger partial charge is 0.318 e. The van der Waals surface area contributed by atoms with Crippen molar-refractivity contribution in [1.29, 1.82) is 0 Å². The number of non-ortho nitro benzene ring substituents is 1. The zero-order valence-corrected chi connectivity index (χ0v) is 18.9. The molecule has 2 aromatic heterocycles. The molecule has 0 atom stereocenters. The zero-order valence-electron chi connectivity index (χ0n) is 18.1. The van der Waals surface area contributed by atoms with Gasteiger partial charge in [-0.25, -0.2) is 4.79 Å². The van der Waals surface area contributed by atoms with Gasteiger partial charge in [-0.15, -0.1) is 11.3 Å². The number of oxime groups is 1. The number of rotatable bonds is 8. The first-order valence-electron chi connectivity index (χ1n) is 10.5. The number of fused-ring (bicyclic) bond motifs is 3. The van der Waals surface area contributed by atoms with E-state index in [1.165, 1.54) is 24.3 Å². The minimum absolute atomic E-state index is 0.0229. The lowest BCUT2D eigenvalue weighted by molar-refractivity contribution is -0.384. The highest BCUT2D eigenvalue weighted by atomic mass is 32.1.